The van der Waals surface area contributed by atoms with E-state index in [-0.39, 0.29) is 6.04 Å². The molecule has 0 aliphatic heterocycles. The Hall–Kier alpha value is -0.290. The summed E-state index contributed by atoms with van der Waals surface area (Å²) in [5.74, 6) is 5.66. The predicted octanol–water partition coefficient (Wildman–Crippen LogP) is 4.96. The van der Waals surface area contributed by atoms with E-state index >= 15 is 0 Å². The molecule has 2 nitrogen and oxygen atoms in total. The van der Waals surface area contributed by atoms with E-state index in [0.717, 1.165) is 15.6 Å². The first-order valence-electron chi connectivity index (χ1n) is 5.39. The van der Waals surface area contributed by atoms with Crippen LogP contribution in [-0.4, -0.2) is 0 Å². The monoisotopic (exact) mass is 378 g/mol. The van der Waals surface area contributed by atoms with Crippen LogP contribution in [0.25, 0.3) is 0 Å². The lowest BCUT2D eigenvalue weighted by Crippen LogP contribution is -2.29. The fraction of sp³-hybridized carbons (Fsp3) is 0.0769. The zero-order chi connectivity index (χ0) is 14.0. The standard InChI is InChI=1S/C13H10BrCl3N2/c14-11-6-8(16)1-3-9(11)13(19-18)10-5-7(15)2-4-12(10)17/h1-6,13,19H,18H2. The van der Waals surface area contributed by atoms with Crippen molar-refractivity contribution in [1.29, 1.82) is 0 Å². The fourth-order valence-corrected chi connectivity index (χ4v) is 3.14. The van der Waals surface area contributed by atoms with Crippen LogP contribution in [0, 0.1) is 0 Å². The molecule has 1 unspecified atom stereocenters. The topological polar surface area (TPSA) is 38.0 Å². The molecule has 1 atom stereocenters. The Labute approximate surface area is 134 Å². The van der Waals surface area contributed by atoms with Crippen LogP contribution in [0.4, 0.5) is 0 Å². The third kappa shape index (κ3) is 3.43. The van der Waals surface area contributed by atoms with E-state index in [2.05, 4.69) is 21.4 Å². The summed E-state index contributed by atoms with van der Waals surface area (Å²) < 4.78 is 0.846. The van der Waals surface area contributed by atoms with Gasteiger partial charge in [0.2, 0.25) is 0 Å². The molecule has 0 heterocycles. The van der Waals surface area contributed by atoms with Crippen molar-refractivity contribution in [3.63, 3.8) is 0 Å². The van der Waals surface area contributed by atoms with Gasteiger partial charge < -0.3 is 0 Å². The van der Waals surface area contributed by atoms with Gasteiger partial charge in [-0.3, -0.25) is 5.84 Å². The van der Waals surface area contributed by atoms with Crippen LogP contribution in [0.2, 0.25) is 15.1 Å². The number of nitrogens with two attached hydrogens (primary N) is 1. The maximum Gasteiger partial charge on any atom is 0.0735 e. The first-order chi connectivity index (χ1) is 9.02. The molecule has 0 aliphatic rings. The van der Waals surface area contributed by atoms with Gasteiger partial charge in [-0.05, 0) is 41.5 Å². The second kappa shape index (κ2) is 6.44. The van der Waals surface area contributed by atoms with Gasteiger partial charge in [0.15, 0.2) is 0 Å². The van der Waals surface area contributed by atoms with Crippen LogP contribution in [0.1, 0.15) is 17.2 Å². The smallest absolute Gasteiger partial charge is 0.0735 e. The maximum absolute atomic E-state index is 6.21. The molecule has 19 heavy (non-hydrogen) atoms. The quantitative estimate of drug-likeness (QED) is 0.583. The first-order valence-corrected chi connectivity index (χ1v) is 7.31. The van der Waals surface area contributed by atoms with E-state index in [1.807, 2.05) is 6.07 Å². The molecule has 3 N–H and O–H groups in total. The third-order valence-corrected chi connectivity index (χ3v) is 4.21. The van der Waals surface area contributed by atoms with Crippen LogP contribution in [0.3, 0.4) is 0 Å². The number of halogens is 4. The first kappa shape index (κ1) is 15.1. The lowest BCUT2D eigenvalue weighted by Gasteiger charge is -2.20. The highest BCUT2D eigenvalue weighted by molar-refractivity contribution is 9.10. The summed E-state index contributed by atoms with van der Waals surface area (Å²) in [6.07, 6.45) is 0. The minimum atomic E-state index is -0.280. The molecular weight excluding hydrogens is 370 g/mol. The second-order valence-corrected chi connectivity index (χ2v) is 6.07. The van der Waals surface area contributed by atoms with Crippen molar-refractivity contribution in [2.45, 2.75) is 6.04 Å². The summed E-state index contributed by atoms with van der Waals surface area (Å²) >= 11 is 21.6. The zero-order valence-electron chi connectivity index (χ0n) is 9.63. The van der Waals surface area contributed by atoms with E-state index in [0.29, 0.717) is 15.1 Å². The summed E-state index contributed by atoms with van der Waals surface area (Å²) in [5, 5.41) is 1.84. The normalized spacial score (nSPS) is 12.5. The molecule has 2 aromatic rings. The Kier molecular flexibility index (Phi) is 5.12. The molecule has 6 heteroatoms. The molecule has 0 aliphatic carbocycles. The van der Waals surface area contributed by atoms with Crippen molar-refractivity contribution in [1.82, 2.24) is 5.43 Å². The van der Waals surface area contributed by atoms with Crippen molar-refractivity contribution in [2.24, 2.45) is 5.84 Å². The number of hydrogen-bond acceptors (Lipinski definition) is 2. The summed E-state index contributed by atoms with van der Waals surface area (Å²) in [7, 11) is 0. The Balaban J connectivity index is 2.52. The van der Waals surface area contributed by atoms with Gasteiger partial charge in [-0.15, -0.1) is 0 Å². The lowest BCUT2D eigenvalue weighted by atomic mass is 9.99. The van der Waals surface area contributed by atoms with Crippen LogP contribution in [0.15, 0.2) is 40.9 Å². The number of rotatable bonds is 3. The van der Waals surface area contributed by atoms with Crippen LogP contribution in [-0.2, 0) is 0 Å². The van der Waals surface area contributed by atoms with E-state index in [1.165, 1.54) is 0 Å². The molecule has 0 aromatic heterocycles. The van der Waals surface area contributed by atoms with Crippen molar-refractivity contribution >= 4 is 50.7 Å². The molecule has 0 radical (unpaired) electrons. The van der Waals surface area contributed by atoms with Gasteiger partial charge in [0.1, 0.15) is 0 Å². The molecule has 0 fully saturated rings. The Morgan fingerprint density at radius 1 is 0.947 bits per heavy atom. The minimum Gasteiger partial charge on any atom is -0.271 e. The van der Waals surface area contributed by atoms with Gasteiger partial charge in [0.05, 0.1) is 6.04 Å². The second-order valence-electron chi connectivity index (χ2n) is 3.93. The van der Waals surface area contributed by atoms with Crippen molar-refractivity contribution in [3.8, 4) is 0 Å². The van der Waals surface area contributed by atoms with E-state index in [4.69, 9.17) is 40.6 Å². The van der Waals surface area contributed by atoms with Crippen LogP contribution in [0.5, 0.6) is 0 Å². The summed E-state index contributed by atoms with van der Waals surface area (Å²) in [4.78, 5) is 0. The highest BCUT2D eigenvalue weighted by Gasteiger charge is 2.18. The summed E-state index contributed by atoms with van der Waals surface area (Å²) in [6.45, 7) is 0. The number of nitrogens with one attached hydrogen (secondary N) is 1. The van der Waals surface area contributed by atoms with E-state index in [9.17, 15) is 0 Å². The largest absolute Gasteiger partial charge is 0.271 e. The molecule has 0 saturated carbocycles. The van der Waals surface area contributed by atoms with E-state index < -0.39 is 0 Å². The number of hydrazine groups is 1. The van der Waals surface area contributed by atoms with Gasteiger partial charge in [-0.1, -0.05) is 56.8 Å². The highest BCUT2D eigenvalue weighted by atomic mass is 79.9. The highest BCUT2D eigenvalue weighted by Crippen LogP contribution is 2.34. The Morgan fingerprint density at radius 3 is 2.21 bits per heavy atom. The van der Waals surface area contributed by atoms with Crippen LogP contribution >= 0.6 is 50.7 Å². The van der Waals surface area contributed by atoms with Crippen molar-refractivity contribution < 1.29 is 0 Å². The minimum absolute atomic E-state index is 0.280. The Bertz CT molecular complexity index is 604. The summed E-state index contributed by atoms with van der Waals surface area (Å²) in [6, 6.07) is 10.5. The molecule has 2 rings (SSSR count). The number of benzene rings is 2. The number of hydrogen-bond donors (Lipinski definition) is 2. The average Bonchev–Trinajstić information content (AvgIpc) is 2.36. The molecule has 0 saturated heterocycles. The van der Waals surface area contributed by atoms with Crippen molar-refractivity contribution in [2.75, 3.05) is 0 Å². The van der Waals surface area contributed by atoms with Gasteiger partial charge in [-0.25, -0.2) is 5.43 Å². The van der Waals surface area contributed by atoms with Gasteiger partial charge in [0, 0.05) is 19.5 Å². The molecule has 0 amide bonds. The fourth-order valence-electron chi connectivity index (χ4n) is 1.82. The maximum atomic E-state index is 6.21. The third-order valence-electron chi connectivity index (χ3n) is 2.71. The molecule has 100 valence electrons. The average molecular weight is 381 g/mol. The predicted molar refractivity (Wildman–Crippen MR) is 84.8 cm³/mol. The van der Waals surface area contributed by atoms with Gasteiger partial charge in [-0.2, -0.15) is 0 Å². The zero-order valence-corrected chi connectivity index (χ0v) is 13.5. The van der Waals surface area contributed by atoms with Crippen LogP contribution < -0.4 is 11.3 Å². The summed E-state index contributed by atoms with van der Waals surface area (Å²) in [5.41, 5.74) is 4.48. The SMILES string of the molecule is NNC(c1cc(Cl)ccc1Cl)c1ccc(Cl)cc1Br. The molecule has 2 aromatic carbocycles. The van der Waals surface area contributed by atoms with Gasteiger partial charge in [0.25, 0.3) is 0 Å². The molecular formula is C13H10BrCl3N2. The lowest BCUT2D eigenvalue weighted by molar-refractivity contribution is 0.635. The molecule has 0 spiro atoms. The Morgan fingerprint density at radius 2 is 1.58 bits per heavy atom. The van der Waals surface area contributed by atoms with Crippen molar-refractivity contribution in [3.05, 3.63) is 67.1 Å². The van der Waals surface area contributed by atoms with Gasteiger partial charge >= 0.3 is 0 Å². The molecule has 0 bridgehead atoms. The van der Waals surface area contributed by atoms with E-state index in [1.54, 1.807) is 30.3 Å².